The molecule has 13 heteroatoms. The summed E-state index contributed by atoms with van der Waals surface area (Å²) in [5.74, 6) is 0.527. The van der Waals surface area contributed by atoms with Crippen LogP contribution in [0.3, 0.4) is 0 Å². The van der Waals surface area contributed by atoms with Gasteiger partial charge in [0.2, 0.25) is 5.88 Å². The van der Waals surface area contributed by atoms with E-state index in [-0.39, 0.29) is 35.1 Å². The molecule has 0 saturated carbocycles. The van der Waals surface area contributed by atoms with Crippen molar-refractivity contribution in [3.05, 3.63) is 71.2 Å². The maximum Gasteiger partial charge on any atom is 0.433 e. The van der Waals surface area contributed by atoms with Crippen LogP contribution in [0.15, 0.2) is 48.8 Å². The van der Waals surface area contributed by atoms with Crippen molar-refractivity contribution in [3.8, 4) is 22.9 Å². The fourth-order valence-corrected chi connectivity index (χ4v) is 5.32. The van der Waals surface area contributed by atoms with Gasteiger partial charge in [0.15, 0.2) is 11.3 Å². The zero-order chi connectivity index (χ0) is 30.0. The van der Waals surface area contributed by atoms with Gasteiger partial charge in [0.25, 0.3) is 5.91 Å². The summed E-state index contributed by atoms with van der Waals surface area (Å²) in [4.78, 5) is 26.0. The number of aliphatic hydroxyl groups excluding tert-OH is 1. The number of hydrogen-bond donors (Lipinski definition) is 1. The van der Waals surface area contributed by atoms with Crippen molar-refractivity contribution in [2.75, 3.05) is 46.5 Å². The van der Waals surface area contributed by atoms with Crippen molar-refractivity contribution in [1.29, 1.82) is 0 Å². The molecule has 0 aliphatic carbocycles. The zero-order valence-corrected chi connectivity index (χ0v) is 23.4. The van der Waals surface area contributed by atoms with Crippen molar-refractivity contribution in [3.63, 3.8) is 0 Å². The van der Waals surface area contributed by atoms with Crippen molar-refractivity contribution >= 4 is 11.6 Å². The van der Waals surface area contributed by atoms with Crippen molar-refractivity contribution in [1.82, 2.24) is 29.4 Å². The molecule has 1 atom stereocenters. The van der Waals surface area contributed by atoms with Crippen LogP contribution in [0.4, 0.5) is 13.2 Å². The van der Waals surface area contributed by atoms with E-state index in [9.17, 15) is 23.1 Å². The molecule has 0 bridgehead atoms. The first kappa shape index (κ1) is 29.3. The van der Waals surface area contributed by atoms with Crippen LogP contribution in [0, 0.1) is 6.92 Å². The number of alkyl halides is 3. The SMILES string of the molecule is CCOc1ncccc1[C@H](CO)N1CCN(C(=O)c2cnn3c(C(F)(F)F)c(C)c(-c4ccc(OC)cc4)nc23)CC1. The third kappa shape index (κ3) is 5.49. The number of halogens is 3. The largest absolute Gasteiger partial charge is 0.497 e. The third-order valence-electron chi connectivity index (χ3n) is 7.40. The molecular formula is C29H31F3N6O4. The van der Waals surface area contributed by atoms with E-state index >= 15 is 0 Å². The Balaban J connectivity index is 1.44. The van der Waals surface area contributed by atoms with Gasteiger partial charge in [-0.3, -0.25) is 9.69 Å². The van der Waals surface area contributed by atoms with Crippen LogP contribution in [0.25, 0.3) is 16.9 Å². The average Bonchev–Trinajstić information content (AvgIpc) is 3.40. The highest BCUT2D eigenvalue weighted by Crippen LogP contribution is 2.37. The standard InChI is InChI=1S/C29H31F3N6O4/c1-4-42-27-21(6-5-11-33-27)23(17-39)36-12-14-37(15-13-36)28(40)22-16-34-38-25(29(30,31)32)18(2)24(35-26(22)38)19-7-9-20(41-3)10-8-19/h5-11,16,23,39H,4,12-15,17H2,1-3H3/t23-/m0/s1. The summed E-state index contributed by atoms with van der Waals surface area (Å²) in [6.07, 6.45) is -1.98. The van der Waals surface area contributed by atoms with Crippen molar-refractivity contribution in [2.24, 2.45) is 0 Å². The Hall–Kier alpha value is -4.23. The molecule has 0 unspecified atom stereocenters. The smallest absolute Gasteiger partial charge is 0.433 e. The van der Waals surface area contributed by atoms with E-state index < -0.39 is 17.8 Å². The molecule has 0 spiro atoms. The van der Waals surface area contributed by atoms with Crippen LogP contribution in [0.2, 0.25) is 0 Å². The molecule has 4 heterocycles. The molecule has 1 amide bonds. The van der Waals surface area contributed by atoms with Crippen LogP contribution >= 0.6 is 0 Å². The lowest BCUT2D eigenvalue weighted by atomic mass is 10.0. The first-order valence-electron chi connectivity index (χ1n) is 13.5. The number of pyridine rings is 1. The number of ether oxygens (including phenoxy) is 2. The maximum absolute atomic E-state index is 14.3. The fourth-order valence-electron chi connectivity index (χ4n) is 5.32. The minimum atomic E-state index is -4.74. The highest BCUT2D eigenvalue weighted by Gasteiger charge is 2.39. The summed E-state index contributed by atoms with van der Waals surface area (Å²) in [6.45, 7) is 4.88. The predicted molar refractivity (Wildman–Crippen MR) is 147 cm³/mol. The number of aromatic nitrogens is 4. The minimum absolute atomic E-state index is 0.0201. The molecule has 10 nitrogen and oxygen atoms in total. The van der Waals surface area contributed by atoms with Gasteiger partial charge in [-0.25, -0.2) is 14.5 Å². The molecule has 1 fully saturated rings. The second-order valence-electron chi connectivity index (χ2n) is 9.81. The van der Waals surface area contributed by atoms with E-state index in [4.69, 9.17) is 9.47 Å². The molecular weight excluding hydrogens is 553 g/mol. The number of carbonyl (C=O) groups excluding carboxylic acids is 1. The predicted octanol–water partition coefficient (Wildman–Crippen LogP) is 4.02. The van der Waals surface area contributed by atoms with Crippen LogP contribution in [0.1, 0.15) is 40.1 Å². The van der Waals surface area contributed by atoms with E-state index in [0.29, 0.717) is 54.5 Å². The van der Waals surface area contributed by atoms with Gasteiger partial charge in [-0.2, -0.15) is 18.3 Å². The molecule has 5 rings (SSSR count). The summed E-state index contributed by atoms with van der Waals surface area (Å²) in [5.41, 5.74) is 0.0110. The molecule has 0 radical (unpaired) electrons. The van der Waals surface area contributed by atoms with Gasteiger partial charge in [0, 0.05) is 49.1 Å². The Morgan fingerprint density at radius 3 is 2.45 bits per heavy atom. The highest BCUT2D eigenvalue weighted by molar-refractivity contribution is 6.00. The summed E-state index contributed by atoms with van der Waals surface area (Å²) in [7, 11) is 1.50. The molecule has 1 aliphatic heterocycles. The Kier molecular flexibility index (Phi) is 8.32. The molecule has 42 heavy (non-hydrogen) atoms. The van der Waals surface area contributed by atoms with Crippen molar-refractivity contribution in [2.45, 2.75) is 26.1 Å². The Morgan fingerprint density at radius 1 is 1.12 bits per heavy atom. The number of piperazine rings is 1. The maximum atomic E-state index is 14.3. The number of hydrogen-bond acceptors (Lipinski definition) is 8. The molecule has 3 aromatic heterocycles. The van der Waals surface area contributed by atoms with E-state index in [0.717, 1.165) is 11.8 Å². The number of carbonyl (C=O) groups is 1. The average molecular weight is 585 g/mol. The number of methoxy groups -OCH3 is 1. The number of aliphatic hydroxyl groups is 1. The quantitative estimate of drug-likeness (QED) is 0.331. The number of fused-ring (bicyclic) bond motifs is 1. The number of nitrogens with zero attached hydrogens (tertiary/aromatic N) is 6. The minimum Gasteiger partial charge on any atom is -0.497 e. The highest BCUT2D eigenvalue weighted by atomic mass is 19.4. The van der Waals surface area contributed by atoms with Crippen LogP contribution in [-0.2, 0) is 6.18 Å². The molecule has 1 saturated heterocycles. The second kappa shape index (κ2) is 11.9. The van der Waals surface area contributed by atoms with Gasteiger partial charge in [0.1, 0.15) is 11.3 Å². The van der Waals surface area contributed by atoms with E-state index in [1.807, 2.05) is 17.9 Å². The lowest BCUT2D eigenvalue weighted by Gasteiger charge is -2.38. The van der Waals surface area contributed by atoms with Crippen LogP contribution in [0.5, 0.6) is 11.6 Å². The van der Waals surface area contributed by atoms with Gasteiger partial charge in [-0.15, -0.1) is 0 Å². The van der Waals surface area contributed by atoms with Gasteiger partial charge >= 0.3 is 6.18 Å². The van der Waals surface area contributed by atoms with Crippen molar-refractivity contribution < 1.29 is 32.5 Å². The number of benzene rings is 1. The normalized spacial score (nSPS) is 15.2. The van der Waals surface area contributed by atoms with E-state index in [2.05, 4.69) is 15.1 Å². The van der Waals surface area contributed by atoms with Gasteiger partial charge < -0.3 is 19.5 Å². The van der Waals surface area contributed by atoms with E-state index in [1.165, 1.54) is 14.0 Å². The lowest BCUT2D eigenvalue weighted by Crippen LogP contribution is -2.50. The topological polar surface area (TPSA) is 105 Å². The molecule has 1 aromatic carbocycles. The lowest BCUT2D eigenvalue weighted by molar-refractivity contribution is -0.143. The van der Waals surface area contributed by atoms with Gasteiger partial charge in [-0.1, -0.05) is 6.07 Å². The first-order chi connectivity index (χ1) is 20.2. The fraction of sp³-hybridized carbons (Fsp3) is 0.379. The Morgan fingerprint density at radius 2 is 1.83 bits per heavy atom. The molecule has 1 N–H and O–H groups in total. The van der Waals surface area contributed by atoms with Crippen LogP contribution in [-0.4, -0.2) is 86.9 Å². The Labute approximate surface area is 240 Å². The Bertz CT molecular complexity index is 1570. The zero-order valence-electron chi connectivity index (χ0n) is 23.4. The van der Waals surface area contributed by atoms with Crippen LogP contribution < -0.4 is 9.47 Å². The molecule has 4 aromatic rings. The number of rotatable bonds is 8. The second-order valence-corrected chi connectivity index (χ2v) is 9.81. The summed E-state index contributed by atoms with van der Waals surface area (Å²) in [6, 6.07) is 9.76. The first-order valence-corrected chi connectivity index (χ1v) is 13.5. The van der Waals surface area contributed by atoms with Gasteiger partial charge in [0.05, 0.1) is 38.3 Å². The van der Waals surface area contributed by atoms with E-state index in [1.54, 1.807) is 41.4 Å². The van der Waals surface area contributed by atoms with Gasteiger partial charge in [-0.05, 0) is 44.2 Å². The summed E-state index contributed by atoms with van der Waals surface area (Å²) >= 11 is 0. The molecule has 1 aliphatic rings. The summed E-state index contributed by atoms with van der Waals surface area (Å²) < 4.78 is 54.4. The summed E-state index contributed by atoms with van der Waals surface area (Å²) in [5, 5.41) is 14.2. The third-order valence-corrected chi connectivity index (χ3v) is 7.40. The monoisotopic (exact) mass is 584 g/mol. The molecule has 222 valence electrons. The number of amides is 1.